The van der Waals surface area contributed by atoms with E-state index in [1.54, 1.807) is 0 Å². The Morgan fingerprint density at radius 1 is 1.33 bits per heavy atom. The van der Waals surface area contributed by atoms with Crippen LogP contribution in [0.5, 0.6) is 0 Å². The number of nitrogens with zero attached hydrogens (tertiary/aromatic N) is 2. The zero-order valence-electron chi connectivity index (χ0n) is 13.0. The highest BCUT2D eigenvalue weighted by Crippen LogP contribution is 2.11. The molecule has 1 fully saturated rings. The molecule has 1 saturated heterocycles. The second-order valence-electron chi connectivity index (χ2n) is 5.88. The fourth-order valence-electron chi connectivity index (χ4n) is 2.77. The maximum absolute atomic E-state index is 12.2. The summed E-state index contributed by atoms with van der Waals surface area (Å²) in [6.07, 6.45) is 1.11. The predicted molar refractivity (Wildman–Crippen MR) is 86.1 cm³/mol. The molecule has 1 atom stereocenters. The van der Waals surface area contributed by atoms with Gasteiger partial charge in [-0.3, -0.25) is 9.69 Å². The van der Waals surface area contributed by atoms with Gasteiger partial charge in [0.25, 0.3) is 0 Å². The fraction of sp³-hybridized carbons (Fsp3) is 0.562. The summed E-state index contributed by atoms with van der Waals surface area (Å²) < 4.78 is 0. The smallest absolute Gasteiger partial charge is 0.238 e. The lowest BCUT2D eigenvalue weighted by molar-refractivity contribution is -0.117. The maximum atomic E-state index is 12.2. The van der Waals surface area contributed by atoms with Crippen molar-refractivity contribution in [3.8, 4) is 0 Å². The molecule has 1 aliphatic rings. The second-order valence-corrected chi connectivity index (χ2v) is 5.88. The number of rotatable bonds is 4. The molecule has 0 saturated carbocycles. The van der Waals surface area contributed by atoms with Crippen LogP contribution in [0.3, 0.4) is 0 Å². The Kier molecular flexibility index (Phi) is 5.73. The van der Waals surface area contributed by atoms with E-state index in [9.17, 15) is 4.79 Å². The summed E-state index contributed by atoms with van der Waals surface area (Å²) in [5.74, 6) is 0.0481. The van der Waals surface area contributed by atoms with Gasteiger partial charge in [0, 0.05) is 31.4 Å². The van der Waals surface area contributed by atoms with Crippen molar-refractivity contribution in [1.82, 2.24) is 9.80 Å². The van der Waals surface area contributed by atoms with E-state index in [2.05, 4.69) is 29.1 Å². The van der Waals surface area contributed by atoms with Crippen LogP contribution in [0.1, 0.15) is 18.9 Å². The van der Waals surface area contributed by atoms with E-state index < -0.39 is 0 Å². The van der Waals surface area contributed by atoms with Gasteiger partial charge in [-0.15, -0.1) is 0 Å². The van der Waals surface area contributed by atoms with Crippen LogP contribution >= 0.6 is 0 Å². The van der Waals surface area contributed by atoms with E-state index in [0.717, 1.165) is 37.3 Å². The summed E-state index contributed by atoms with van der Waals surface area (Å²) in [4.78, 5) is 16.8. The molecule has 3 N–H and O–H groups in total. The van der Waals surface area contributed by atoms with Gasteiger partial charge in [-0.05, 0) is 44.6 Å². The van der Waals surface area contributed by atoms with Crippen molar-refractivity contribution in [2.24, 2.45) is 5.73 Å². The van der Waals surface area contributed by atoms with Crippen LogP contribution in [0.15, 0.2) is 24.3 Å². The molecule has 116 valence electrons. The van der Waals surface area contributed by atoms with Gasteiger partial charge in [-0.25, -0.2) is 0 Å². The molecule has 1 aromatic rings. The molecular formula is C16H26N4O. The molecule has 0 spiro atoms. The van der Waals surface area contributed by atoms with Gasteiger partial charge in [-0.2, -0.15) is 0 Å². The van der Waals surface area contributed by atoms with Gasteiger partial charge in [-0.1, -0.05) is 12.1 Å². The van der Waals surface area contributed by atoms with E-state index in [4.69, 9.17) is 5.73 Å². The monoisotopic (exact) mass is 290 g/mol. The van der Waals surface area contributed by atoms with Gasteiger partial charge in [0.2, 0.25) is 5.91 Å². The van der Waals surface area contributed by atoms with E-state index >= 15 is 0 Å². The Balaban J connectivity index is 1.88. The molecule has 1 aliphatic heterocycles. The van der Waals surface area contributed by atoms with Gasteiger partial charge < -0.3 is 16.0 Å². The Morgan fingerprint density at radius 2 is 2.05 bits per heavy atom. The van der Waals surface area contributed by atoms with Crippen LogP contribution in [0.2, 0.25) is 0 Å². The zero-order valence-corrected chi connectivity index (χ0v) is 13.0. The topological polar surface area (TPSA) is 61.6 Å². The number of hydrogen-bond donors (Lipinski definition) is 2. The minimum absolute atomic E-state index is 0.0481. The molecule has 5 nitrogen and oxygen atoms in total. The van der Waals surface area contributed by atoms with Crippen LogP contribution in [0, 0.1) is 0 Å². The first kappa shape index (κ1) is 15.9. The third-order valence-corrected chi connectivity index (χ3v) is 4.00. The number of hydrogen-bond acceptors (Lipinski definition) is 4. The minimum Gasteiger partial charge on any atom is -0.326 e. The lowest BCUT2D eigenvalue weighted by Gasteiger charge is -2.27. The first-order chi connectivity index (χ1) is 10.1. The second kappa shape index (κ2) is 7.54. The highest BCUT2D eigenvalue weighted by Gasteiger charge is 2.21. The lowest BCUT2D eigenvalue weighted by atomic mass is 10.2. The number of anilines is 1. The molecule has 0 aliphatic carbocycles. The molecule has 1 heterocycles. The SMILES string of the molecule is CC1CN(C)CCCN1CC(=O)Nc1ccc(CN)cc1. The average Bonchev–Trinajstić information content (AvgIpc) is 2.61. The number of carbonyl (C=O) groups excluding carboxylic acids is 1. The van der Waals surface area contributed by atoms with Crippen molar-refractivity contribution in [2.45, 2.75) is 25.9 Å². The Morgan fingerprint density at radius 3 is 2.71 bits per heavy atom. The number of likely N-dealkylation sites (N-methyl/N-ethyl adjacent to an activating group) is 1. The van der Waals surface area contributed by atoms with Gasteiger partial charge in [0.15, 0.2) is 0 Å². The number of nitrogens with one attached hydrogen (secondary N) is 1. The predicted octanol–water partition coefficient (Wildman–Crippen LogP) is 1.11. The molecule has 5 heteroatoms. The quantitative estimate of drug-likeness (QED) is 0.872. The summed E-state index contributed by atoms with van der Waals surface area (Å²) in [5, 5.41) is 2.96. The Labute approximate surface area is 127 Å². The number of carbonyl (C=O) groups is 1. The van der Waals surface area contributed by atoms with Crippen LogP contribution in [-0.2, 0) is 11.3 Å². The lowest BCUT2D eigenvalue weighted by Crippen LogP contribution is -2.42. The van der Waals surface area contributed by atoms with E-state index in [-0.39, 0.29) is 5.91 Å². The summed E-state index contributed by atoms with van der Waals surface area (Å²) in [6.45, 7) is 6.25. The molecule has 1 unspecified atom stereocenters. The molecule has 0 bridgehead atoms. The van der Waals surface area contributed by atoms with Crippen LogP contribution < -0.4 is 11.1 Å². The molecule has 2 rings (SSSR count). The third kappa shape index (κ3) is 4.81. The summed E-state index contributed by atoms with van der Waals surface area (Å²) in [6, 6.07) is 8.10. The summed E-state index contributed by atoms with van der Waals surface area (Å²) >= 11 is 0. The third-order valence-electron chi connectivity index (χ3n) is 4.00. The van der Waals surface area contributed by atoms with Gasteiger partial charge in [0.05, 0.1) is 6.54 Å². The summed E-state index contributed by atoms with van der Waals surface area (Å²) in [5.41, 5.74) is 7.47. The molecule has 1 amide bonds. The van der Waals surface area contributed by atoms with Crippen molar-refractivity contribution in [2.75, 3.05) is 38.5 Å². The fourth-order valence-corrected chi connectivity index (χ4v) is 2.77. The van der Waals surface area contributed by atoms with Crippen molar-refractivity contribution < 1.29 is 4.79 Å². The number of nitrogens with two attached hydrogens (primary N) is 1. The standard InChI is InChI=1S/C16H26N4O/c1-13-11-19(2)8-3-9-20(13)12-16(21)18-15-6-4-14(10-17)5-7-15/h4-7,13H,3,8-12,17H2,1-2H3,(H,18,21). The Bertz CT molecular complexity index is 460. The summed E-state index contributed by atoms with van der Waals surface area (Å²) in [7, 11) is 2.14. The Hall–Kier alpha value is -1.43. The molecule has 1 aromatic carbocycles. The highest BCUT2D eigenvalue weighted by atomic mass is 16.2. The van der Waals surface area contributed by atoms with E-state index in [1.807, 2.05) is 24.3 Å². The van der Waals surface area contributed by atoms with E-state index in [0.29, 0.717) is 19.1 Å². The van der Waals surface area contributed by atoms with Gasteiger partial charge in [0.1, 0.15) is 0 Å². The number of benzene rings is 1. The van der Waals surface area contributed by atoms with Crippen molar-refractivity contribution in [3.05, 3.63) is 29.8 Å². The van der Waals surface area contributed by atoms with Crippen LogP contribution in [0.4, 0.5) is 5.69 Å². The molecule has 0 aromatic heterocycles. The first-order valence-corrected chi connectivity index (χ1v) is 7.60. The van der Waals surface area contributed by atoms with Crippen LogP contribution in [0.25, 0.3) is 0 Å². The van der Waals surface area contributed by atoms with Crippen molar-refractivity contribution in [3.63, 3.8) is 0 Å². The zero-order chi connectivity index (χ0) is 15.2. The normalized spacial score (nSPS) is 21.0. The van der Waals surface area contributed by atoms with Crippen molar-refractivity contribution in [1.29, 1.82) is 0 Å². The highest BCUT2D eigenvalue weighted by molar-refractivity contribution is 5.92. The first-order valence-electron chi connectivity index (χ1n) is 7.60. The van der Waals surface area contributed by atoms with Crippen molar-refractivity contribution >= 4 is 11.6 Å². The van der Waals surface area contributed by atoms with E-state index in [1.165, 1.54) is 0 Å². The maximum Gasteiger partial charge on any atom is 0.238 e. The largest absolute Gasteiger partial charge is 0.326 e. The van der Waals surface area contributed by atoms with Crippen LogP contribution in [-0.4, -0.2) is 55.0 Å². The average molecular weight is 290 g/mol. The minimum atomic E-state index is 0.0481. The molecular weight excluding hydrogens is 264 g/mol. The number of amides is 1. The molecule has 0 radical (unpaired) electrons. The van der Waals surface area contributed by atoms with Gasteiger partial charge >= 0.3 is 0 Å². The molecule has 21 heavy (non-hydrogen) atoms.